The minimum absolute atomic E-state index is 0.0726. The molecule has 3 heterocycles. The van der Waals surface area contributed by atoms with Crippen LogP contribution in [0.2, 0.25) is 5.02 Å². The lowest BCUT2D eigenvalue weighted by Crippen LogP contribution is -2.40. The van der Waals surface area contributed by atoms with Crippen molar-refractivity contribution < 1.29 is 4.79 Å². The van der Waals surface area contributed by atoms with Crippen LogP contribution in [0.1, 0.15) is 29.2 Å². The zero-order chi connectivity index (χ0) is 15.8. The van der Waals surface area contributed by atoms with E-state index in [9.17, 15) is 4.79 Å². The molecule has 1 aliphatic rings. The van der Waals surface area contributed by atoms with Crippen molar-refractivity contribution in [3.05, 3.63) is 53.7 Å². The lowest BCUT2D eigenvalue weighted by molar-refractivity contribution is 0.0681. The van der Waals surface area contributed by atoms with E-state index in [1.54, 1.807) is 12.4 Å². The van der Waals surface area contributed by atoms with E-state index in [4.69, 9.17) is 11.6 Å². The average molecular weight is 329 g/mol. The number of rotatable bonds is 2. The van der Waals surface area contributed by atoms with Crippen molar-refractivity contribution >= 4 is 28.4 Å². The Morgan fingerprint density at radius 1 is 1.39 bits per heavy atom. The summed E-state index contributed by atoms with van der Waals surface area (Å²) in [6, 6.07) is 5.87. The number of H-pyrrole nitrogens is 1. The van der Waals surface area contributed by atoms with E-state index in [0.717, 1.165) is 36.8 Å². The third-order valence-corrected chi connectivity index (χ3v) is 4.74. The van der Waals surface area contributed by atoms with Crippen molar-refractivity contribution in [3.63, 3.8) is 0 Å². The molecule has 0 saturated carbocycles. The molecule has 1 N–H and O–H groups in total. The molecule has 0 unspecified atom stereocenters. The lowest BCUT2D eigenvalue weighted by Gasteiger charge is -2.33. The predicted molar refractivity (Wildman–Crippen MR) is 89.7 cm³/mol. The molecule has 118 valence electrons. The van der Waals surface area contributed by atoms with Gasteiger partial charge in [0.2, 0.25) is 0 Å². The topological polar surface area (TPSA) is 53.9 Å². The Labute approximate surface area is 138 Å². The number of fused-ring (bicyclic) bond motifs is 1. The fourth-order valence-electron chi connectivity index (χ4n) is 3.31. The molecule has 6 heteroatoms. The summed E-state index contributed by atoms with van der Waals surface area (Å²) in [5, 5.41) is 1.58. The van der Waals surface area contributed by atoms with Crippen molar-refractivity contribution in [1.82, 2.24) is 19.4 Å². The number of nitrogens with one attached hydrogen (secondary N) is 1. The van der Waals surface area contributed by atoms with Crippen molar-refractivity contribution in [3.8, 4) is 0 Å². The second-order valence-corrected chi connectivity index (χ2v) is 6.39. The van der Waals surface area contributed by atoms with Gasteiger partial charge < -0.3 is 14.5 Å². The third-order valence-electron chi connectivity index (χ3n) is 4.50. The van der Waals surface area contributed by atoms with Gasteiger partial charge in [-0.1, -0.05) is 17.7 Å². The van der Waals surface area contributed by atoms with Gasteiger partial charge in [-0.05, 0) is 25.0 Å². The number of amides is 1. The van der Waals surface area contributed by atoms with Crippen LogP contribution in [0.3, 0.4) is 0 Å². The van der Waals surface area contributed by atoms with Crippen LogP contribution in [0.25, 0.3) is 10.9 Å². The minimum atomic E-state index is 0.0726. The Morgan fingerprint density at radius 3 is 3.13 bits per heavy atom. The molecule has 4 rings (SSSR count). The van der Waals surface area contributed by atoms with Gasteiger partial charge in [-0.25, -0.2) is 4.98 Å². The monoisotopic (exact) mass is 328 g/mol. The van der Waals surface area contributed by atoms with Gasteiger partial charge in [0.1, 0.15) is 0 Å². The molecule has 0 bridgehead atoms. The lowest BCUT2D eigenvalue weighted by atomic mass is 10.0. The van der Waals surface area contributed by atoms with Crippen LogP contribution < -0.4 is 0 Å². The first-order valence-electron chi connectivity index (χ1n) is 7.76. The maximum absolute atomic E-state index is 12.9. The van der Waals surface area contributed by atoms with E-state index in [2.05, 4.69) is 14.5 Å². The minimum Gasteiger partial charge on any atom is -0.360 e. The molecule has 1 amide bonds. The van der Waals surface area contributed by atoms with Crippen LogP contribution in [-0.2, 0) is 0 Å². The van der Waals surface area contributed by atoms with Gasteiger partial charge in [-0.15, -0.1) is 0 Å². The normalized spacial score (nSPS) is 18.5. The number of imidazole rings is 1. The number of piperidine rings is 1. The highest BCUT2D eigenvalue weighted by atomic mass is 35.5. The van der Waals surface area contributed by atoms with Crippen LogP contribution >= 0.6 is 11.6 Å². The Morgan fingerprint density at radius 2 is 2.30 bits per heavy atom. The number of aromatic nitrogens is 3. The number of hydrogen-bond donors (Lipinski definition) is 1. The second kappa shape index (κ2) is 5.74. The highest BCUT2D eigenvalue weighted by Gasteiger charge is 2.26. The van der Waals surface area contributed by atoms with Gasteiger partial charge in [0.05, 0.1) is 17.9 Å². The Bertz CT molecular complexity index is 840. The number of benzene rings is 1. The molecule has 23 heavy (non-hydrogen) atoms. The van der Waals surface area contributed by atoms with Crippen LogP contribution in [0.15, 0.2) is 43.1 Å². The zero-order valence-electron chi connectivity index (χ0n) is 12.6. The summed E-state index contributed by atoms with van der Waals surface area (Å²) in [5.41, 5.74) is 1.60. The maximum atomic E-state index is 12.9. The highest BCUT2D eigenvalue weighted by Crippen LogP contribution is 2.26. The number of hydrogen-bond acceptors (Lipinski definition) is 2. The van der Waals surface area contributed by atoms with E-state index in [1.165, 1.54) is 0 Å². The number of aromatic amines is 1. The number of nitrogens with zero attached hydrogens (tertiary/aromatic N) is 3. The first kappa shape index (κ1) is 14.3. The van der Waals surface area contributed by atoms with Crippen LogP contribution in [-0.4, -0.2) is 38.4 Å². The first-order chi connectivity index (χ1) is 11.2. The third kappa shape index (κ3) is 2.61. The van der Waals surface area contributed by atoms with Crippen molar-refractivity contribution in [2.75, 3.05) is 13.1 Å². The van der Waals surface area contributed by atoms with Crippen LogP contribution in [0.5, 0.6) is 0 Å². The number of carbonyl (C=O) groups is 1. The SMILES string of the molecule is O=C(c1c[nH]c2cc(Cl)ccc12)N1CCC[C@@H](n2ccnc2)C1. The summed E-state index contributed by atoms with van der Waals surface area (Å²) in [6.45, 7) is 1.51. The molecule has 1 aliphatic heterocycles. The summed E-state index contributed by atoms with van der Waals surface area (Å²) in [7, 11) is 0. The van der Waals surface area contributed by atoms with Gasteiger partial charge in [0, 0.05) is 47.6 Å². The molecule has 0 spiro atoms. The molecule has 5 nitrogen and oxygen atoms in total. The molecule has 0 radical (unpaired) electrons. The number of likely N-dealkylation sites (tertiary alicyclic amines) is 1. The van der Waals surface area contributed by atoms with Gasteiger partial charge in [0.25, 0.3) is 5.91 Å². The predicted octanol–water partition coefficient (Wildman–Crippen LogP) is 3.50. The molecular weight excluding hydrogens is 312 g/mol. The van der Waals surface area contributed by atoms with Crippen molar-refractivity contribution in [2.24, 2.45) is 0 Å². The average Bonchev–Trinajstić information content (AvgIpc) is 3.23. The van der Waals surface area contributed by atoms with E-state index >= 15 is 0 Å². The largest absolute Gasteiger partial charge is 0.360 e. The molecule has 1 fully saturated rings. The van der Waals surface area contributed by atoms with Gasteiger partial charge in [-0.2, -0.15) is 0 Å². The fourth-order valence-corrected chi connectivity index (χ4v) is 3.49. The maximum Gasteiger partial charge on any atom is 0.256 e. The molecule has 1 atom stereocenters. The van der Waals surface area contributed by atoms with Crippen molar-refractivity contribution in [2.45, 2.75) is 18.9 Å². The standard InChI is InChI=1S/C17H17ClN4O/c18-12-3-4-14-15(9-20-16(14)8-12)17(23)21-6-1-2-13(10-21)22-7-5-19-11-22/h3-5,7-9,11,13,20H,1-2,6,10H2/t13-/m1/s1. The molecule has 2 aromatic heterocycles. The smallest absolute Gasteiger partial charge is 0.256 e. The van der Waals surface area contributed by atoms with E-state index in [1.807, 2.05) is 35.6 Å². The first-order valence-corrected chi connectivity index (χ1v) is 8.13. The Kier molecular flexibility index (Phi) is 3.58. The van der Waals surface area contributed by atoms with Crippen LogP contribution in [0, 0.1) is 0 Å². The molecular formula is C17H17ClN4O. The van der Waals surface area contributed by atoms with Crippen molar-refractivity contribution in [1.29, 1.82) is 0 Å². The Balaban J connectivity index is 1.60. The van der Waals surface area contributed by atoms with Gasteiger partial charge in [-0.3, -0.25) is 4.79 Å². The zero-order valence-corrected chi connectivity index (χ0v) is 13.3. The van der Waals surface area contributed by atoms with Crippen LogP contribution in [0.4, 0.5) is 0 Å². The van der Waals surface area contributed by atoms with E-state index in [-0.39, 0.29) is 5.91 Å². The molecule has 0 aliphatic carbocycles. The highest BCUT2D eigenvalue weighted by molar-refractivity contribution is 6.31. The summed E-state index contributed by atoms with van der Waals surface area (Å²) in [6.07, 6.45) is 9.43. The summed E-state index contributed by atoms with van der Waals surface area (Å²) < 4.78 is 2.09. The van der Waals surface area contributed by atoms with Gasteiger partial charge >= 0.3 is 0 Å². The van der Waals surface area contributed by atoms with Gasteiger partial charge in [0.15, 0.2) is 0 Å². The molecule has 3 aromatic rings. The Hall–Kier alpha value is -2.27. The fraction of sp³-hybridized carbons (Fsp3) is 0.294. The summed E-state index contributed by atoms with van der Waals surface area (Å²) >= 11 is 6.01. The number of halogens is 1. The quantitative estimate of drug-likeness (QED) is 0.782. The molecule has 1 saturated heterocycles. The summed E-state index contributed by atoms with van der Waals surface area (Å²) in [4.78, 5) is 22.1. The second-order valence-electron chi connectivity index (χ2n) is 5.95. The number of carbonyl (C=O) groups excluding carboxylic acids is 1. The van der Waals surface area contributed by atoms with E-state index < -0.39 is 0 Å². The van der Waals surface area contributed by atoms with E-state index in [0.29, 0.717) is 16.6 Å². The summed E-state index contributed by atoms with van der Waals surface area (Å²) in [5.74, 6) is 0.0726. The molecule has 1 aromatic carbocycles.